The number of methoxy groups -OCH3 is 1. The molecular formula is C10H19NO3. The molecular weight excluding hydrogens is 182 g/mol. The quantitative estimate of drug-likeness (QED) is 0.715. The summed E-state index contributed by atoms with van der Waals surface area (Å²) in [5.41, 5.74) is 0. The molecule has 4 heteroatoms. The van der Waals surface area contributed by atoms with E-state index in [1.54, 1.807) is 7.11 Å². The first-order valence-electron chi connectivity index (χ1n) is 5.14. The molecule has 2 unspecified atom stereocenters. The van der Waals surface area contributed by atoms with Crippen LogP contribution in [0.5, 0.6) is 0 Å². The first-order valence-corrected chi connectivity index (χ1v) is 5.14. The Hall–Kier alpha value is -0.610. The van der Waals surface area contributed by atoms with Gasteiger partial charge in [-0.2, -0.15) is 0 Å². The largest absolute Gasteiger partial charge is 0.480 e. The molecule has 2 atom stereocenters. The summed E-state index contributed by atoms with van der Waals surface area (Å²) in [7, 11) is 1.69. The summed E-state index contributed by atoms with van der Waals surface area (Å²) in [5, 5.41) is 8.98. The molecule has 0 spiro atoms. The van der Waals surface area contributed by atoms with Crippen molar-refractivity contribution in [2.75, 3.05) is 26.8 Å². The van der Waals surface area contributed by atoms with Crippen molar-refractivity contribution in [3.8, 4) is 0 Å². The highest BCUT2D eigenvalue weighted by atomic mass is 16.5. The van der Waals surface area contributed by atoms with E-state index < -0.39 is 5.97 Å². The van der Waals surface area contributed by atoms with Crippen LogP contribution in [-0.2, 0) is 9.53 Å². The van der Waals surface area contributed by atoms with Gasteiger partial charge in [0.2, 0.25) is 0 Å². The monoisotopic (exact) mass is 201 g/mol. The number of aliphatic carboxylic acids is 1. The van der Waals surface area contributed by atoms with Gasteiger partial charge in [0.25, 0.3) is 0 Å². The number of hydrogen-bond acceptors (Lipinski definition) is 3. The fraction of sp³-hybridized carbons (Fsp3) is 0.900. The summed E-state index contributed by atoms with van der Waals surface area (Å²) in [6, 6.07) is -0.308. The van der Waals surface area contributed by atoms with Gasteiger partial charge in [-0.25, -0.2) is 0 Å². The highest BCUT2D eigenvalue weighted by Crippen LogP contribution is 2.20. The third-order valence-corrected chi connectivity index (χ3v) is 2.83. The summed E-state index contributed by atoms with van der Waals surface area (Å²) < 4.78 is 5.07. The van der Waals surface area contributed by atoms with Crippen LogP contribution in [0.4, 0.5) is 0 Å². The molecule has 1 heterocycles. The van der Waals surface area contributed by atoms with E-state index in [0.29, 0.717) is 12.3 Å². The molecule has 1 fully saturated rings. The Labute approximate surface area is 84.8 Å². The van der Waals surface area contributed by atoms with Crippen molar-refractivity contribution in [1.29, 1.82) is 0 Å². The molecule has 0 amide bonds. The first kappa shape index (κ1) is 11.5. The fourth-order valence-electron chi connectivity index (χ4n) is 2.11. The number of carboxylic acids is 1. The Bertz CT molecular complexity index is 196. The van der Waals surface area contributed by atoms with Gasteiger partial charge < -0.3 is 9.84 Å². The summed E-state index contributed by atoms with van der Waals surface area (Å²) in [5.74, 6) is -0.195. The van der Waals surface area contributed by atoms with Gasteiger partial charge in [0.15, 0.2) is 0 Å². The second-order valence-corrected chi connectivity index (χ2v) is 3.87. The summed E-state index contributed by atoms with van der Waals surface area (Å²) in [6.07, 6.45) is 1.73. The van der Waals surface area contributed by atoms with Gasteiger partial charge in [-0.15, -0.1) is 0 Å². The molecule has 1 N–H and O–H groups in total. The van der Waals surface area contributed by atoms with Gasteiger partial charge >= 0.3 is 5.97 Å². The lowest BCUT2D eigenvalue weighted by Crippen LogP contribution is -2.39. The average Bonchev–Trinajstić information content (AvgIpc) is 2.54. The third-order valence-electron chi connectivity index (χ3n) is 2.83. The van der Waals surface area contributed by atoms with E-state index >= 15 is 0 Å². The number of nitrogens with zero attached hydrogens (tertiary/aromatic N) is 1. The molecule has 0 radical (unpaired) electrons. The average molecular weight is 201 g/mol. The number of carboxylic acid groups (broad SMARTS) is 1. The Morgan fingerprint density at radius 3 is 2.93 bits per heavy atom. The first-order chi connectivity index (χ1) is 6.69. The second-order valence-electron chi connectivity index (χ2n) is 3.87. The van der Waals surface area contributed by atoms with E-state index in [2.05, 4.69) is 0 Å². The molecule has 1 aliphatic heterocycles. The molecule has 4 nitrogen and oxygen atoms in total. The summed E-state index contributed by atoms with van der Waals surface area (Å²) in [4.78, 5) is 13.0. The SMILES string of the molecule is CCC(C(=O)O)N1CCC(COC)C1. The van der Waals surface area contributed by atoms with E-state index in [0.717, 1.165) is 26.1 Å². The zero-order chi connectivity index (χ0) is 10.6. The minimum Gasteiger partial charge on any atom is -0.480 e. The molecule has 0 aromatic carbocycles. The molecule has 1 rings (SSSR count). The van der Waals surface area contributed by atoms with Gasteiger partial charge in [-0.1, -0.05) is 6.92 Å². The minimum atomic E-state index is -0.703. The molecule has 0 aliphatic carbocycles. The van der Waals surface area contributed by atoms with Crippen LogP contribution in [0, 0.1) is 5.92 Å². The predicted molar refractivity (Wildman–Crippen MR) is 53.3 cm³/mol. The highest BCUT2D eigenvalue weighted by molar-refractivity contribution is 5.73. The molecule has 0 aromatic rings. The van der Waals surface area contributed by atoms with Crippen molar-refractivity contribution in [3.63, 3.8) is 0 Å². The molecule has 0 bridgehead atoms. The number of carbonyl (C=O) groups is 1. The smallest absolute Gasteiger partial charge is 0.320 e. The Morgan fingerprint density at radius 1 is 1.71 bits per heavy atom. The zero-order valence-corrected chi connectivity index (χ0v) is 8.90. The number of likely N-dealkylation sites (tertiary alicyclic amines) is 1. The Morgan fingerprint density at radius 2 is 2.43 bits per heavy atom. The van der Waals surface area contributed by atoms with Crippen LogP contribution >= 0.6 is 0 Å². The zero-order valence-electron chi connectivity index (χ0n) is 8.90. The van der Waals surface area contributed by atoms with Gasteiger partial charge in [0, 0.05) is 13.7 Å². The topological polar surface area (TPSA) is 49.8 Å². The van der Waals surface area contributed by atoms with E-state index in [9.17, 15) is 4.79 Å². The Balaban J connectivity index is 2.43. The van der Waals surface area contributed by atoms with Crippen molar-refractivity contribution in [3.05, 3.63) is 0 Å². The minimum absolute atomic E-state index is 0.308. The van der Waals surface area contributed by atoms with Crippen LogP contribution < -0.4 is 0 Å². The lowest BCUT2D eigenvalue weighted by atomic mass is 10.1. The molecule has 0 aromatic heterocycles. The van der Waals surface area contributed by atoms with Crippen LogP contribution in [0.25, 0.3) is 0 Å². The van der Waals surface area contributed by atoms with Crippen LogP contribution in [0.1, 0.15) is 19.8 Å². The van der Waals surface area contributed by atoms with Crippen molar-refractivity contribution in [1.82, 2.24) is 4.90 Å². The van der Waals surface area contributed by atoms with Crippen molar-refractivity contribution >= 4 is 5.97 Å². The van der Waals surface area contributed by atoms with Crippen molar-refractivity contribution < 1.29 is 14.6 Å². The molecule has 82 valence electrons. The van der Waals surface area contributed by atoms with E-state index in [1.165, 1.54) is 0 Å². The van der Waals surface area contributed by atoms with Crippen LogP contribution in [-0.4, -0.2) is 48.8 Å². The maximum atomic E-state index is 10.9. The fourth-order valence-corrected chi connectivity index (χ4v) is 2.11. The Kier molecular flexibility index (Phi) is 4.35. The van der Waals surface area contributed by atoms with E-state index in [4.69, 9.17) is 9.84 Å². The maximum absolute atomic E-state index is 10.9. The van der Waals surface area contributed by atoms with E-state index in [-0.39, 0.29) is 6.04 Å². The molecule has 1 saturated heterocycles. The number of hydrogen-bond donors (Lipinski definition) is 1. The highest BCUT2D eigenvalue weighted by Gasteiger charge is 2.30. The molecule has 0 saturated carbocycles. The van der Waals surface area contributed by atoms with Crippen molar-refractivity contribution in [2.24, 2.45) is 5.92 Å². The van der Waals surface area contributed by atoms with Crippen molar-refractivity contribution in [2.45, 2.75) is 25.8 Å². The van der Waals surface area contributed by atoms with Gasteiger partial charge in [-0.3, -0.25) is 9.69 Å². The van der Waals surface area contributed by atoms with Crippen LogP contribution in [0.3, 0.4) is 0 Å². The van der Waals surface area contributed by atoms with Gasteiger partial charge in [0.05, 0.1) is 6.61 Å². The third kappa shape index (κ3) is 2.69. The second kappa shape index (κ2) is 5.32. The maximum Gasteiger partial charge on any atom is 0.320 e. The lowest BCUT2D eigenvalue weighted by molar-refractivity contribution is -0.143. The van der Waals surface area contributed by atoms with Gasteiger partial charge in [0.1, 0.15) is 6.04 Å². The van der Waals surface area contributed by atoms with Gasteiger partial charge in [-0.05, 0) is 25.3 Å². The summed E-state index contributed by atoms with van der Waals surface area (Å²) >= 11 is 0. The number of rotatable bonds is 5. The molecule has 14 heavy (non-hydrogen) atoms. The standard InChI is InChI=1S/C10H19NO3/c1-3-9(10(12)13)11-5-4-8(6-11)7-14-2/h8-9H,3-7H2,1-2H3,(H,12,13). The summed E-state index contributed by atoms with van der Waals surface area (Å²) in [6.45, 7) is 4.41. The van der Waals surface area contributed by atoms with E-state index in [1.807, 2.05) is 11.8 Å². The van der Waals surface area contributed by atoms with Crippen LogP contribution in [0.2, 0.25) is 0 Å². The predicted octanol–water partition coefficient (Wildman–Crippen LogP) is 0.818. The van der Waals surface area contributed by atoms with Crippen LogP contribution in [0.15, 0.2) is 0 Å². The normalized spacial score (nSPS) is 25.1. The number of ether oxygens (including phenoxy) is 1. The lowest BCUT2D eigenvalue weighted by Gasteiger charge is -2.22. The molecule has 1 aliphatic rings.